The van der Waals surface area contributed by atoms with Crippen LogP contribution in [0.15, 0.2) is 35.7 Å². The van der Waals surface area contributed by atoms with E-state index in [-0.39, 0.29) is 29.5 Å². The van der Waals surface area contributed by atoms with Crippen LogP contribution in [0.25, 0.3) is 0 Å². The van der Waals surface area contributed by atoms with Gasteiger partial charge in [0, 0.05) is 5.75 Å². The van der Waals surface area contributed by atoms with Gasteiger partial charge in [-0.25, -0.2) is 9.59 Å². The fourth-order valence-electron chi connectivity index (χ4n) is 3.08. The van der Waals surface area contributed by atoms with E-state index in [1.165, 1.54) is 36.0 Å². The SMILES string of the molecule is CCOC(=O)NC1=C(C(=O)O)N2C(=O)C(NC(=O)C(N)c3ccc(O)cc3)[C@H]2SC1. The molecule has 0 saturated carbocycles. The Morgan fingerprint density at radius 1 is 1.33 bits per heavy atom. The third-order valence-electron chi connectivity index (χ3n) is 4.53. The van der Waals surface area contributed by atoms with Crippen LogP contribution >= 0.6 is 11.8 Å². The number of thioether (sulfide) groups is 1. The number of carbonyl (C=O) groups excluding carboxylic acids is 3. The molecule has 2 aliphatic heterocycles. The van der Waals surface area contributed by atoms with Gasteiger partial charge < -0.3 is 26.0 Å². The van der Waals surface area contributed by atoms with Crippen LogP contribution in [0.3, 0.4) is 0 Å². The van der Waals surface area contributed by atoms with Gasteiger partial charge in [-0.3, -0.25) is 19.8 Å². The number of carboxylic acid groups (broad SMARTS) is 1. The molecule has 3 rings (SSSR count). The lowest BCUT2D eigenvalue weighted by Gasteiger charge is -2.49. The summed E-state index contributed by atoms with van der Waals surface area (Å²) >= 11 is 1.19. The van der Waals surface area contributed by atoms with E-state index >= 15 is 0 Å². The molecule has 0 spiro atoms. The molecule has 3 amide bonds. The first-order valence-electron chi connectivity index (χ1n) is 8.94. The average Bonchev–Trinajstić information content (AvgIpc) is 2.71. The van der Waals surface area contributed by atoms with Gasteiger partial charge in [0.05, 0.1) is 12.3 Å². The molecule has 2 heterocycles. The van der Waals surface area contributed by atoms with Crippen molar-refractivity contribution in [2.24, 2.45) is 5.73 Å². The molecule has 11 nitrogen and oxygen atoms in total. The summed E-state index contributed by atoms with van der Waals surface area (Å²) in [6.07, 6.45) is -0.817. The number of benzene rings is 1. The number of ether oxygens (including phenoxy) is 1. The molecular weight excluding hydrogens is 416 g/mol. The van der Waals surface area contributed by atoms with Crippen LogP contribution in [0.5, 0.6) is 5.75 Å². The Morgan fingerprint density at radius 3 is 2.60 bits per heavy atom. The standard InChI is InChI=1S/C18H20N4O7S/c1-2-29-18(28)20-10-7-30-16-12(15(25)22(16)13(10)17(26)27)21-14(24)11(19)8-3-5-9(23)6-4-8/h3-6,11-12,16,23H,2,7,19H2,1H3,(H,20,28)(H,21,24)(H,26,27)/t11?,12?,16-/m1/s1. The number of aromatic hydroxyl groups is 1. The molecular formula is C18H20N4O7S. The number of nitrogens with one attached hydrogen (secondary N) is 2. The van der Waals surface area contributed by atoms with E-state index in [2.05, 4.69) is 10.6 Å². The number of fused-ring (bicyclic) bond motifs is 1. The Balaban J connectivity index is 1.72. The lowest BCUT2D eigenvalue weighted by molar-refractivity contribution is -0.150. The van der Waals surface area contributed by atoms with E-state index in [4.69, 9.17) is 10.5 Å². The molecule has 2 aliphatic rings. The molecule has 2 unspecified atom stereocenters. The van der Waals surface area contributed by atoms with Crippen molar-refractivity contribution in [3.8, 4) is 5.75 Å². The number of nitrogens with zero attached hydrogens (tertiary/aromatic N) is 1. The normalized spacial score (nSPS) is 21.3. The number of carbonyl (C=O) groups is 4. The molecule has 6 N–H and O–H groups in total. The summed E-state index contributed by atoms with van der Waals surface area (Å²) in [7, 11) is 0. The number of nitrogens with two attached hydrogens (primary N) is 1. The zero-order chi connectivity index (χ0) is 22.0. The van der Waals surface area contributed by atoms with Crippen LogP contribution in [0.4, 0.5) is 4.79 Å². The van der Waals surface area contributed by atoms with E-state index in [0.29, 0.717) is 5.56 Å². The molecule has 0 aliphatic carbocycles. The Kier molecular flexibility index (Phi) is 6.17. The Hall–Kier alpha value is -3.25. The summed E-state index contributed by atoms with van der Waals surface area (Å²) in [6.45, 7) is 1.71. The van der Waals surface area contributed by atoms with Crippen LogP contribution < -0.4 is 16.4 Å². The van der Waals surface area contributed by atoms with Crippen LogP contribution in [0, 0.1) is 0 Å². The first kappa shape index (κ1) is 21.5. The van der Waals surface area contributed by atoms with Gasteiger partial charge >= 0.3 is 12.1 Å². The quantitative estimate of drug-likeness (QED) is 0.380. The predicted molar refractivity (Wildman–Crippen MR) is 105 cm³/mol. The Labute approximate surface area is 175 Å². The van der Waals surface area contributed by atoms with Gasteiger partial charge in [-0.05, 0) is 24.6 Å². The number of phenolic OH excluding ortho intramolecular Hbond substituents is 1. The number of carboxylic acids is 1. The maximum absolute atomic E-state index is 12.6. The summed E-state index contributed by atoms with van der Waals surface area (Å²) in [5, 5.41) is 23.1. The maximum Gasteiger partial charge on any atom is 0.411 e. The number of aliphatic carboxylic acids is 1. The fraction of sp³-hybridized carbons (Fsp3) is 0.333. The van der Waals surface area contributed by atoms with Crippen LogP contribution in [0.2, 0.25) is 0 Å². The van der Waals surface area contributed by atoms with Gasteiger partial charge in [0.1, 0.15) is 23.2 Å². The monoisotopic (exact) mass is 436 g/mol. The summed E-state index contributed by atoms with van der Waals surface area (Å²) in [4.78, 5) is 49.4. The molecule has 0 aromatic heterocycles. The van der Waals surface area contributed by atoms with Gasteiger partial charge in [0.15, 0.2) is 5.70 Å². The second-order valence-corrected chi connectivity index (χ2v) is 7.55. The van der Waals surface area contributed by atoms with Crippen LogP contribution in [0.1, 0.15) is 18.5 Å². The van der Waals surface area contributed by atoms with Crippen molar-refractivity contribution < 1.29 is 34.1 Å². The highest BCUT2D eigenvalue weighted by Crippen LogP contribution is 2.39. The van der Waals surface area contributed by atoms with E-state index in [0.717, 1.165) is 4.90 Å². The summed E-state index contributed by atoms with van der Waals surface area (Å²) in [6, 6.07) is 3.72. The molecule has 1 fully saturated rings. The molecule has 30 heavy (non-hydrogen) atoms. The molecule has 1 aromatic rings. The van der Waals surface area contributed by atoms with Gasteiger partial charge in [0.2, 0.25) is 5.91 Å². The minimum absolute atomic E-state index is 0.0231. The van der Waals surface area contributed by atoms with Crippen molar-refractivity contribution in [2.45, 2.75) is 24.4 Å². The number of rotatable bonds is 6. The van der Waals surface area contributed by atoms with E-state index in [1.807, 2.05) is 0 Å². The lowest BCUT2D eigenvalue weighted by Crippen LogP contribution is -2.71. The average molecular weight is 436 g/mol. The first-order valence-corrected chi connectivity index (χ1v) is 9.99. The highest BCUT2D eigenvalue weighted by molar-refractivity contribution is 8.00. The smallest absolute Gasteiger partial charge is 0.411 e. The number of phenols is 1. The predicted octanol–water partition coefficient (Wildman–Crippen LogP) is -0.166. The molecule has 0 bridgehead atoms. The second kappa shape index (κ2) is 8.63. The van der Waals surface area contributed by atoms with Crippen molar-refractivity contribution in [1.82, 2.24) is 15.5 Å². The highest BCUT2D eigenvalue weighted by Gasteiger charge is 2.54. The minimum atomic E-state index is -1.38. The number of hydrogen-bond acceptors (Lipinski definition) is 8. The zero-order valence-electron chi connectivity index (χ0n) is 15.8. The summed E-state index contributed by atoms with van der Waals surface area (Å²) in [5.74, 6) is -2.50. The Bertz CT molecular complexity index is 918. The number of hydrogen-bond donors (Lipinski definition) is 5. The largest absolute Gasteiger partial charge is 0.508 e. The van der Waals surface area contributed by atoms with Crippen LogP contribution in [-0.2, 0) is 19.1 Å². The number of amides is 3. The second-order valence-electron chi connectivity index (χ2n) is 6.44. The molecule has 1 aromatic carbocycles. The van der Waals surface area contributed by atoms with Crippen molar-refractivity contribution >= 4 is 35.6 Å². The highest BCUT2D eigenvalue weighted by atomic mass is 32.2. The molecule has 0 radical (unpaired) electrons. The third-order valence-corrected chi connectivity index (χ3v) is 5.81. The van der Waals surface area contributed by atoms with Crippen molar-refractivity contribution in [3.63, 3.8) is 0 Å². The molecule has 1 saturated heterocycles. The zero-order valence-corrected chi connectivity index (χ0v) is 16.6. The van der Waals surface area contributed by atoms with Crippen molar-refractivity contribution in [1.29, 1.82) is 0 Å². The van der Waals surface area contributed by atoms with Gasteiger partial charge in [-0.2, -0.15) is 0 Å². The van der Waals surface area contributed by atoms with Gasteiger partial charge in [-0.15, -0.1) is 11.8 Å². The minimum Gasteiger partial charge on any atom is -0.508 e. The molecule has 160 valence electrons. The van der Waals surface area contributed by atoms with Crippen molar-refractivity contribution in [3.05, 3.63) is 41.2 Å². The van der Waals surface area contributed by atoms with E-state index in [1.54, 1.807) is 6.92 Å². The summed E-state index contributed by atoms with van der Waals surface area (Å²) < 4.78 is 4.75. The van der Waals surface area contributed by atoms with Gasteiger partial charge in [-0.1, -0.05) is 12.1 Å². The first-order chi connectivity index (χ1) is 14.2. The fourth-order valence-corrected chi connectivity index (χ4v) is 4.36. The third kappa shape index (κ3) is 4.04. The van der Waals surface area contributed by atoms with Crippen molar-refractivity contribution in [2.75, 3.05) is 12.4 Å². The van der Waals surface area contributed by atoms with Gasteiger partial charge in [0.25, 0.3) is 5.91 Å². The topological polar surface area (TPSA) is 171 Å². The lowest BCUT2D eigenvalue weighted by atomic mass is 10.0. The number of β-lactam (4-membered cyclic amide) rings is 1. The number of alkyl carbamates (subject to hydrolysis) is 1. The van der Waals surface area contributed by atoms with E-state index < -0.39 is 41.3 Å². The Morgan fingerprint density at radius 2 is 2.00 bits per heavy atom. The van der Waals surface area contributed by atoms with Crippen LogP contribution in [-0.4, -0.2) is 62.8 Å². The molecule has 3 atom stereocenters. The van der Waals surface area contributed by atoms with E-state index in [9.17, 15) is 29.4 Å². The summed E-state index contributed by atoms with van der Waals surface area (Å²) in [5.41, 5.74) is 6.05. The maximum atomic E-state index is 12.6. The molecule has 12 heteroatoms.